The van der Waals surface area contributed by atoms with Gasteiger partial charge in [-0.3, -0.25) is 19.7 Å². The second-order valence-corrected chi connectivity index (χ2v) is 9.79. The highest BCUT2D eigenvalue weighted by Crippen LogP contribution is 2.35. The summed E-state index contributed by atoms with van der Waals surface area (Å²) in [5.41, 5.74) is 0.866. The van der Waals surface area contributed by atoms with E-state index in [0.717, 1.165) is 23.4 Å². The third-order valence-corrected chi connectivity index (χ3v) is 7.31. The van der Waals surface area contributed by atoms with Gasteiger partial charge in [0.05, 0.1) is 5.25 Å². The summed E-state index contributed by atoms with van der Waals surface area (Å²) in [5.74, 6) is 1.05. The van der Waals surface area contributed by atoms with Crippen LogP contribution in [0.2, 0.25) is 0 Å². The molecule has 1 aliphatic carbocycles. The molecular weight excluding hydrogens is 430 g/mol. The first-order valence-electron chi connectivity index (χ1n) is 10.4. The van der Waals surface area contributed by atoms with Crippen molar-refractivity contribution in [1.82, 2.24) is 29.9 Å². The number of carbonyl (C=O) groups is 1. The number of allylic oxidation sites excluding steroid dienone is 1. The first-order chi connectivity index (χ1) is 15.2. The number of nitrogens with zero attached hydrogens (tertiary/aromatic N) is 6. The fourth-order valence-corrected chi connectivity index (χ4v) is 5.37. The lowest BCUT2D eigenvalue weighted by atomic mass is 9.90. The van der Waals surface area contributed by atoms with Gasteiger partial charge in [-0.2, -0.15) is 0 Å². The summed E-state index contributed by atoms with van der Waals surface area (Å²) in [4.78, 5) is 16.9. The smallest absolute Gasteiger partial charge is 0.239 e. The first kappa shape index (κ1) is 21.6. The van der Waals surface area contributed by atoms with E-state index in [-0.39, 0.29) is 11.2 Å². The zero-order valence-corrected chi connectivity index (χ0v) is 19.0. The van der Waals surface area contributed by atoms with Crippen LogP contribution in [0.1, 0.15) is 50.0 Å². The largest absolute Gasteiger partial charge is 0.300 e. The maximum atomic E-state index is 12.8. The summed E-state index contributed by atoms with van der Waals surface area (Å²) < 4.78 is 1.94. The van der Waals surface area contributed by atoms with Crippen LogP contribution in [-0.4, -0.2) is 41.1 Å². The first-order valence-corrected chi connectivity index (χ1v) is 12.1. The molecule has 0 saturated heterocycles. The molecule has 0 aliphatic heterocycles. The fourth-order valence-electron chi connectivity index (χ4n) is 3.60. The van der Waals surface area contributed by atoms with Gasteiger partial charge in [0.2, 0.25) is 11.0 Å². The average molecular weight is 456 g/mol. The van der Waals surface area contributed by atoms with Crippen molar-refractivity contribution in [3.05, 3.63) is 42.2 Å². The molecule has 0 aromatic carbocycles. The van der Waals surface area contributed by atoms with Crippen LogP contribution in [0.4, 0.5) is 5.13 Å². The summed E-state index contributed by atoms with van der Waals surface area (Å²) in [5, 5.41) is 21.9. The van der Waals surface area contributed by atoms with Gasteiger partial charge in [0, 0.05) is 30.4 Å². The summed E-state index contributed by atoms with van der Waals surface area (Å²) in [6.07, 6.45) is 11.3. The van der Waals surface area contributed by atoms with Crippen molar-refractivity contribution in [2.45, 2.75) is 61.9 Å². The molecule has 1 fully saturated rings. The van der Waals surface area contributed by atoms with E-state index in [0.29, 0.717) is 28.6 Å². The zero-order chi connectivity index (χ0) is 21.6. The topological polar surface area (TPSA) is 98.5 Å². The number of rotatable bonds is 8. The van der Waals surface area contributed by atoms with Crippen LogP contribution in [-0.2, 0) is 11.3 Å². The van der Waals surface area contributed by atoms with E-state index in [1.54, 1.807) is 18.5 Å². The van der Waals surface area contributed by atoms with Gasteiger partial charge in [0.1, 0.15) is 5.01 Å². The summed E-state index contributed by atoms with van der Waals surface area (Å²) >= 11 is 2.84. The van der Waals surface area contributed by atoms with Crippen molar-refractivity contribution in [2.24, 2.45) is 0 Å². The average Bonchev–Trinajstić information content (AvgIpc) is 3.43. The monoisotopic (exact) mass is 455 g/mol. The number of hydrogen-bond donors (Lipinski definition) is 1. The molecule has 10 heteroatoms. The lowest BCUT2D eigenvalue weighted by Gasteiger charge is -2.18. The van der Waals surface area contributed by atoms with Gasteiger partial charge < -0.3 is 0 Å². The molecule has 1 unspecified atom stereocenters. The number of nitrogens with one attached hydrogen (secondary N) is 1. The minimum atomic E-state index is -0.378. The Bertz CT molecular complexity index is 1030. The molecule has 162 valence electrons. The SMILES string of the molecule is C=CCn1c(SC(C)C(=O)Nc2nnc(C3CCCCC3)s2)nnc1-c1cccnc1. The highest BCUT2D eigenvalue weighted by Gasteiger charge is 2.23. The second kappa shape index (κ2) is 10.1. The fraction of sp³-hybridized carbons (Fsp3) is 0.429. The van der Waals surface area contributed by atoms with Crippen molar-refractivity contribution in [1.29, 1.82) is 0 Å². The molecule has 1 saturated carbocycles. The van der Waals surface area contributed by atoms with E-state index in [1.165, 1.54) is 42.4 Å². The summed E-state index contributed by atoms with van der Waals surface area (Å²) in [6, 6.07) is 3.79. The number of thioether (sulfide) groups is 1. The highest BCUT2D eigenvalue weighted by molar-refractivity contribution is 8.00. The van der Waals surface area contributed by atoms with E-state index in [2.05, 4.69) is 37.3 Å². The number of aromatic nitrogens is 6. The van der Waals surface area contributed by atoms with E-state index >= 15 is 0 Å². The molecule has 1 atom stereocenters. The van der Waals surface area contributed by atoms with Crippen LogP contribution < -0.4 is 5.32 Å². The van der Waals surface area contributed by atoms with Crippen LogP contribution >= 0.6 is 23.1 Å². The number of amides is 1. The van der Waals surface area contributed by atoms with E-state index in [1.807, 2.05) is 23.6 Å². The Morgan fingerprint density at radius 2 is 2.16 bits per heavy atom. The van der Waals surface area contributed by atoms with Crippen molar-refractivity contribution < 1.29 is 4.79 Å². The number of anilines is 1. The molecule has 0 spiro atoms. The van der Waals surface area contributed by atoms with Gasteiger partial charge in [-0.05, 0) is 31.9 Å². The Balaban J connectivity index is 1.43. The minimum absolute atomic E-state index is 0.132. The molecule has 0 radical (unpaired) electrons. The van der Waals surface area contributed by atoms with Crippen LogP contribution in [0.5, 0.6) is 0 Å². The van der Waals surface area contributed by atoms with Crippen LogP contribution in [0, 0.1) is 0 Å². The third-order valence-electron chi connectivity index (χ3n) is 5.22. The van der Waals surface area contributed by atoms with Crippen molar-refractivity contribution >= 4 is 34.1 Å². The predicted molar refractivity (Wildman–Crippen MR) is 123 cm³/mol. The van der Waals surface area contributed by atoms with Gasteiger partial charge >= 0.3 is 0 Å². The molecule has 8 nitrogen and oxygen atoms in total. The Labute approximate surface area is 189 Å². The second-order valence-electron chi connectivity index (χ2n) is 7.48. The molecule has 3 heterocycles. The van der Waals surface area contributed by atoms with Gasteiger partial charge in [-0.1, -0.05) is 48.4 Å². The molecule has 1 N–H and O–H groups in total. The Morgan fingerprint density at radius 1 is 1.32 bits per heavy atom. The van der Waals surface area contributed by atoms with E-state index in [4.69, 9.17) is 0 Å². The Kier molecular flexibility index (Phi) is 7.08. The minimum Gasteiger partial charge on any atom is -0.300 e. The van der Waals surface area contributed by atoms with Crippen molar-refractivity contribution in [3.8, 4) is 11.4 Å². The lowest BCUT2D eigenvalue weighted by Crippen LogP contribution is -2.22. The highest BCUT2D eigenvalue weighted by atomic mass is 32.2. The normalized spacial score (nSPS) is 15.5. The predicted octanol–water partition coefficient (Wildman–Crippen LogP) is 4.54. The zero-order valence-electron chi connectivity index (χ0n) is 17.4. The van der Waals surface area contributed by atoms with Gasteiger partial charge in [0.25, 0.3) is 0 Å². The quantitative estimate of drug-likeness (QED) is 0.393. The lowest BCUT2D eigenvalue weighted by molar-refractivity contribution is -0.115. The summed E-state index contributed by atoms with van der Waals surface area (Å²) in [7, 11) is 0. The van der Waals surface area contributed by atoms with E-state index < -0.39 is 0 Å². The number of pyridine rings is 1. The van der Waals surface area contributed by atoms with E-state index in [9.17, 15) is 4.79 Å². The molecule has 31 heavy (non-hydrogen) atoms. The number of carbonyl (C=O) groups excluding carboxylic acids is 1. The maximum absolute atomic E-state index is 12.8. The van der Waals surface area contributed by atoms with Gasteiger partial charge in [0.15, 0.2) is 11.0 Å². The van der Waals surface area contributed by atoms with Crippen LogP contribution in [0.3, 0.4) is 0 Å². The molecular formula is C21H25N7OS2. The Morgan fingerprint density at radius 3 is 2.90 bits per heavy atom. The standard InChI is InChI=1S/C21H25N7OS2/c1-3-12-28-17(16-10-7-11-22-13-16)24-27-21(28)30-14(2)18(29)23-20-26-25-19(31-20)15-8-5-4-6-9-15/h3,7,10-11,13-15H,1,4-6,8-9,12H2,2H3,(H,23,26,29). The molecule has 1 amide bonds. The molecule has 0 bridgehead atoms. The number of hydrogen-bond acceptors (Lipinski definition) is 8. The van der Waals surface area contributed by atoms with Gasteiger partial charge in [-0.25, -0.2) is 0 Å². The van der Waals surface area contributed by atoms with Gasteiger partial charge in [-0.15, -0.1) is 27.0 Å². The summed E-state index contributed by atoms with van der Waals surface area (Å²) in [6.45, 7) is 6.21. The van der Waals surface area contributed by atoms with Crippen molar-refractivity contribution in [2.75, 3.05) is 5.32 Å². The third kappa shape index (κ3) is 5.19. The maximum Gasteiger partial charge on any atom is 0.239 e. The van der Waals surface area contributed by atoms with Crippen LogP contribution in [0.25, 0.3) is 11.4 Å². The van der Waals surface area contributed by atoms with Crippen LogP contribution in [0.15, 0.2) is 42.3 Å². The molecule has 4 rings (SSSR count). The molecule has 3 aromatic rings. The van der Waals surface area contributed by atoms with Crippen molar-refractivity contribution in [3.63, 3.8) is 0 Å². The molecule has 3 aromatic heterocycles. The Hall–Kier alpha value is -2.59. The molecule has 1 aliphatic rings.